The summed E-state index contributed by atoms with van der Waals surface area (Å²) in [5.74, 6) is -1.12. The monoisotopic (exact) mass is 342 g/mol. The zero-order valence-electron chi connectivity index (χ0n) is 14.3. The first-order valence-corrected chi connectivity index (χ1v) is 8.08. The molecule has 1 heterocycles. The molecule has 0 aliphatic rings. The molecule has 0 aliphatic carbocycles. The Morgan fingerprint density at radius 1 is 1.20 bits per heavy atom. The van der Waals surface area contributed by atoms with E-state index in [9.17, 15) is 9.59 Å². The normalized spacial score (nSPS) is 12.9. The molecule has 0 saturated heterocycles. The number of hydrogen-bond acceptors (Lipinski definition) is 4. The Hall–Kier alpha value is -2.89. The number of pyridine rings is 1. The number of aromatic nitrogens is 1. The van der Waals surface area contributed by atoms with Gasteiger partial charge in [-0.2, -0.15) is 0 Å². The number of amides is 1. The Balaban J connectivity index is 1.90. The van der Waals surface area contributed by atoms with Crippen molar-refractivity contribution in [2.24, 2.45) is 5.92 Å². The zero-order valence-corrected chi connectivity index (χ0v) is 14.3. The molecule has 1 aromatic carbocycles. The summed E-state index contributed by atoms with van der Waals surface area (Å²) in [6, 6.07) is 10.6. The molecule has 6 heteroatoms. The fraction of sp³-hybridized carbons (Fsp3) is 0.316. The Morgan fingerprint density at radius 3 is 2.64 bits per heavy atom. The minimum absolute atomic E-state index is 0.167. The first-order chi connectivity index (χ1) is 12.0. The predicted octanol–water partition coefficient (Wildman–Crippen LogP) is 2.43. The van der Waals surface area contributed by atoms with Crippen molar-refractivity contribution >= 4 is 11.9 Å². The number of ether oxygens (including phenoxy) is 1. The second-order valence-corrected chi connectivity index (χ2v) is 5.96. The quantitative estimate of drug-likeness (QED) is 0.769. The van der Waals surface area contributed by atoms with E-state index in [2.05, 4.69) is 10.3 Å². The van der Waals surface area contributed by atoms with Crippen LogP contribution in [0.15, 0.2) is 48.8 Å². The van der Waals surface area contributed by atoms with E-state index in [0.29, 0.717) is 12.4 Å². The lowest BCUT2D eigenvalue weighted by atomic mass is 10.0. The van der Waals surface area contributed by atoms with Gasteiger partial charge < -0.3 is 15.2 Å². The molecule has 6 nitrogen and oxygen atoms in total. The highest BCUT2D eigenvalue weighted by molar-refractivity contribution is 5.80. The molecule has 0 spiro atoms. The summed E-state index contributed by atoms with van der Waals surface area (Å²) < 4.78 is 5.72. The highest BCUT2D eigenvalue weighted by atomic mass is 16.5. The molecule has 0 fully saturated rings. The molecule has 2 N–H and O–H groups in total. The smallest absolute Gasteiger partial charge is 0.308 e. The topological polar surface area (TPSA) is 88.5 Å². The molecule has 0 bridgehead atoms. The molecule has 0 aliphatic heterocycles. The largest absolute Gasteiger partial charge is 0.489 e. The van der Waals surface area contributed by atoms with E-state index in [-0.39, 0.29) is 12.3 Å². The van der Waals surface area contributed by atoms with Gasteiger partial charge in [-0.25, -0.2) is 0 Å². The maximum Gasteiger partial charge on any atom is 0.308 e. The average Bonchev–Trinajstić information content (AvgIpc) is 2.60. The van der Waals surface area contributed by atoms with Crippen LogP contribution in [-0.2, 0) is 22.6 Å². The highest BCUT2D eigenvalue weighted by Gasteiger charge is 2.20. The lowest BCUT2D eigenvalue weighted by molar-refractivity contribution is -0.142. The van der Waals surface area contributed by atoms with Crippen molar-refractivity contribution in [1.29, 1.82) is 0 Å². The Kier molecular flexibility index (Phi) is 6.51. The summed E-state index contributed by atoms with van der Waals surface area (Å²) in [5.41, 5.74) is 1.76. The van der Waals surface area contributed by atoms with E-state index in [4.69, 9.17) is 9.84 Å². The van der Waals surface area contributed by atoms with Crippen LogP contribution in [0, 0.1) is 5.92 Å². The summed E-state index contributed by atoms with van der Waals surface area (Å²) in [6.07, 6.45) is 3.61. The molecule has 25 heavy (non-hydrogen) atoms. The van der Waals surface area contributed by atoms with Gasteiger partial charge in [-0.3, -0.25) is 14.6 Å². The second-order valence-electron chi connectivity index (χ2n) is 5.96. The van der Waals surface area contributed by atoms with Crippen molar-refractivity contribution in [3.05, 3.63) is 59.9 Å². The number of aliphatic carboxylic acids is 1. The Bertz CT molecular complexity index is 718. The molecule has 1 amide bonds. The van der Waals surface area contributed by atoms with E-state index >= 15 is 0 Å². The average molecular weight is 342 g/mol. The van der Waals surface area contributed by atoms with Crippen LogP contribution in [0.4, 0.5) is 0 Å². The van der Waals surface area contributed by atoms with Crippen molar-refractivity contribution in [1.82, 2.24) is 10.3 Å². The van der Waals surface area contributed by atoms with Gasteiger partial charge in [0.1, 0.15) is 12.4 Å². The first kappa shape index (κ1) is 18.4. The van der Waals surface area contributed by atoms with Crippen molar-refractivity contribution < 1.29 is 19.4 Å². The van der Waals surface area contributed by atoms with Crippen molar-refractivity contribution in [3.63, 3.8) is 0 Å². The molecule has 2 unspecified atom stereocenters. The summed E-state index contributed by atoms with van der Waals surface area (Å²) >= 11 is 0. The summed E-state index contributed by atoms with van der Waals surface area (Å²) in [4.78, 5) is 27.1. The fourth-order valence-electron chi connectivity index (χ4n) is 2.22. The van der Waals surface area contributed by atoms with Crippen LogP contribution in [0.3, 0.4) is 0 Å². The van der Waals surface area contributed by atoms with Gasteiger partial charge in [0.25, 0.3) is 0 Å². The predicted molar refractivity (Wildman–Crippen MR) is 93.1 cm³/mol. The molecule has 1 aromatic heterocycles. The van der Waals surface area contributed by atoms with E-state index < -0.39 is 17.9 Å². The minimum atomic E-state index is -0.932. The number of carbonyl (C=O) groups excluding carboxylic acids is 1. The van der Waals surface area contributed by atoms with Crippen LogP contribution in [-0.4, -0.2) is 28.0 Å². The number of nitrogens with one attached hydrogen (secondary N) is 1. The van der Waals surface area contributed by atoms with E-state index in [1.54, 1.807) is 32.3 Å². The zero-order chi connectivity index (χ0) is 18.2. The summed E-state index contributed by atoms with van der Waals surface area (Å²) in [6.45, 7) is 3.65. The number of rotatable bonds is 8. The van der Waals surface area contributed by atoms with Crippen LogP contribution in [0.1, 0.15) is 25.0 Å². The molecule has 2 rings (SSSR count). The molecular formula is C19H22N2O4. The van der Waals surface area contributed by atoms with Gasteiger partial charge in [-0.1, -0.05) is 18.2 Å². The minimum Gasteiger partial charge on any atom is -0.489 e. The molecule has 132 valence electrons. The van der Waals surface area contributed by atoms with Gasteiger partial charge in [-0.05, 0) is 37.6 Å². The lowest BCUT2D eigenvalue weighted by Gasteiger charge is -2.17. The van der Waals surface area contributed by atoms with E-state index in [0.717, 1.165) is 11.1 Å². The van der Waals surface area contributed by atoms with Crippen LogP contribution in [0.2, 0.25) is 0 Å². The number of carbonyl (C=O) groups is 2. The first-order valence-electron chi connectivity index (χ1n) is 8.08. The van der Waals surface area contributed by atoms with Gasteiger partial charge >= 0.3 is 5.97 Å². The molecular weight excluding hydrogens is 320 g/mol. The second kappa shape index (κ2) is 8.82. The van der Waals surface area contributed by atoms with Gasteiger partial charge in [0.05, 0.1) is 12.3 Å². The number of benzene rings is 1. The number of carboxylic acid groups (broad SMARTS) is 1. The van der Waals surface area contributed by atoms with Crippen LogP contribution in [0.5, 0.6) is 5.75 Å². The van der Waals surface area contributed by atoms with Gasteiger partial charge in [0.15, 0.2) is 0 Å². The molecule has 2 atom stereocenters. The summed E-state index contributed by atoms with van der Waals surface area (Å²) in [5, 5.41) is 11.7. The Morgan fingerprint density at radius 2 is 1.96 bits per heavy atom. The van der Waals surface area contributed by atoms with Gasteiger partial charge in [-0.15, -0.1) is 0 Å². The SMILES string of the molecule is CC(NC(=O)Cc1cccc(OCc2cccnc2)c1)C(C)C(=O)O. The van der Waals surface area contributed by atoms with Crippen molar-refractivity contribution in [2.45, 2.75) is 32.9 Å². The Labute approximate surface area is 146 Å². The fourth-order valence-corrected chi connectivity index (χ4v) is 2.22. The van der Waals surface area contributed by atoms with Crippen LogP contribution in [0.25, 0.3) is 0 Å². The third-order valence-corrected chi connectivity index (χ3v) is 3.92. The third-order valence-electron chi connectivity index (χ3n) is 3.92. The lowest BCUT2D eigenvalue weighted by Crippen LogP contribution is -2.40. The van der Waals surface area contributed by atoms with Gasteiger partial charge in [0, 0.05) is 24.0 Å². The maximum absolute atomic E-state index is 12.1. The summed E-state index contributed by atoms with van der Waals surface area (Å²) in [7, 11) is 0. The number of hydrogen-bond donors (Lipinski definition) is 2. The third kappa shape index (κ3) is 5.91. The van der Waals surface area contributed by atoms with Crippen molar-refractivity contribution in [2.75, 3.05) is 0 Å². The number of nitrogens with zero attached hydrogens (tertiary/aromatic N) is 1. The molecule has 0 radical (unpaired) electrons. The maximum atomic E-state index is 12.1. The number of carboxylic acids is 1. The molecule has 0 saturated carbocycles. The highest BCUT2D eigenvalue weighted by Crippen LogP contribution is 2.15. The van der Waals surface area contributed by atoms with E-state index in [1.165, 1.54) is 0 Å². The molecule has 2 aromatic rings. The van der Waals surface area contributed by atoms with Gasteiger partial charge in [0.2, 0.25) is 5.91 Å². The van der Waals surface area contributed by atoms with Crippen LogP contribution >= 0.6 is 0 Å². The van der Waals surface area contributed by atoms with Crippen LogP contribution < -0.4 is 10.1 Å². The standard InChI is InChI=1S/C19H22N2O4/c1-13(19(23)24)14(2)21-18(22)10-15-5-3-7-17(9-15)25-12-16-6-4-8-20-11-16/h3-9,11,13-14H,10,12H2,1-2H3,(H,21,22)(H,23,24). The van der Waals surface area contributed by atoms with E-state index in [1.807, 2.05) is 30.3 Å². The van der Waals surface area contributed by atoms with Crippen molar-refractivity contribution in [3.8, 4) is 5.75 Å².